The lowest BCUT2D eigenvalue weighted by Crippen LogP contribution is -2.50. The van der Waals surface area contributed by atoms with Crippen LogP contribution in [0.1, 0.15) is 40.2 Å². The molecule has 1 amide bonds. The highest BCUT2D eigenvalue weighted by atomic mass is 16.5. The fourth-order valence-electron chi connectivity index (χ4n) is 4.28. The molecule has 0 aliphatic carbocycles. The van der Waals surface area contributed by atoms with E-state index in [2.05, 4.69) is 22.1 Å². The molecule has 2 aliphatic rings. The van der Waals surface area contributed by atoms with Gasteiger partial charge in [-0.25, -0.2) is 0 Å². The van der Waals surface area contributed by atoms with Gasteiger partial charge in [0.25, 0.3) is 5.91 Å². The largest absolute Gasteiger partial charge is 0.377 e. The number of piperazine rings is 1. The molecule has 1 aromatic heterocycles. The summed E-state index contributed by atoms with van der Waals surface area (Å²) >= 11 is 0. The predicted octanol–water partition coefficient (Wildman–Crippen LogP) is 2.49. The highest BCUT2D eigenvalue weighted by molar-refractivity contribution is 5.96. The molecule has 3 heterocycles. The van der Waals surface area contributed by atoms with Crippen LogP contribution in [0.25, 0.3) is 0 Å². The van der Waals surface area contributed by atoms with Crippen molar-refractivity contribution in [1.29, 1.82) is 0 Å². The second-order valence-corrected chi connectivity index (χ2v) is 7.92. The molecule has 0 saturated carbocycles. The van der Waals surface area contributed by atoms with Crippen LogP contribution in [0.5, 0.6) is 0 Å². The Morgan fingerprint density at radius 2 is 1.89 bits per heavy atom. The molecule has 150 valence electrons. The summed E-state index contributed by atoms with van der Waals surface area (Å²) in [6.07, 6.45) is 2.72. The van der Waals surface area contributed by atoms with Gasteiger partial charge in [0.2, 0.25) is 0 Å². The standard InChI is InChI=1S/C22H30N4O2/c1-17-21(18(2)26(23-17)15-19-7-4-3-5-8-19)22(27)25-12-10-24(11-13-25)16-20-9-6-14-28-20/h3-5,7-8,20H,6,9-16H2,1-2H3. The molecule has 6 heteroatoms. The van der Waals surface area contributed by atoms with Crippen molar-refractivity contribution in [3.63, 3.8) is 0 Å². The molecule has 1 aromatic carbocycles. The molecular formula is C22H30N4O2. The molecule has 6 nitrogen and oxygen atoms in total. The predicted molar refractivity (Wildman–Crippen MR) is 109 cm³/mol. The van der Waals surface area contributed by atoms with Gasteiger partial charge < -0.3 is 9.64 Å². The second-order valence-electron chi connectivity index (χ2n) is 7.92. The number of nitrogens with zero attached hydrogens (tertiary/aromatic N) is 4. The first kappa shape index (κ1) is 19.2. The maximum Gasteiger partial charge on any atom is 0.257 e. The first-order valence-electron chi connectivity index (χ1n) is 10.3. The molecular weight excluding hydrogens is 352 g/mol. The van der Waals surface area contributed by atoms with E-state index in [-0.39, 0.29) is 5.91 Å². The Labute approximate surface area is 167 Å². The average Bonchev–Trinajstić information content (AvgIpc) is 3.31. The Morgan fingerprint density at radius 1 is 1.14 bits per heavy atom. The number of carbonyl (C=O) groups excluding carboxylic acids is 1. The Morgan fingerprint density at radius 3 is 2.57 bits per heavy atom. The molecule has 1 atom stereocenters. The van der Waals surface area contributed by atoms with Gasteiger partial charge in [-0.1, -0.05) is 30.3 Å². The zero-order valence-electron chi connectivity index (χ0n) is 16.9. The van der Waals surface area contributed by atoms with Crippen LogP contribution in [0.15, 0.2) is 30.3 Å². The molecule has 0 spiro atoms. The Balaban J connectivity index is 1.39. The number of rotatable bonds is 5. The third-order valence-corrected chi connectivity index (χ3v) is 5.92. The van der Waals surface area contributed by atoms with Gasteiger partial charge in [0.05, 0.1) is 23.9 Å². The minimum absolute atomic E-state index is 0.117. The van der Waals surface area contributed by atoms with Gasteiger partial charge in [-0.3, -0.25) is 14.4 Å². The van der Waals surface area contributed by atoms with Gasteiger partial charge in [0.1, 0.15) is 0 Å². The third kappa shape index (κ3) is 4.13. The summed E-state index contributed by atoms with van der Waals surface area (Å²) in [5, 5.41) is 4.65. The van der Waals surface area contributed by atoms with E-state index in [1.807, 2.05) is 41.6 Å². The van der Waals surface area contributed by atoms with E-state index in [1.54, 1.807) is 0 Å². The van der Waals surface area contributed by atoms with E-state index >= 15 is 0 Å². The monoisotopic (exact) mass is 382 g/mol. The number of hydrogen-bond donors (Lipinski definition) is 0. The number of aromatic nitrogens is 2. The number of aryl methyl sites for hydroxylation is 1. The van der Waals surface area contributed by atoms with Crippen molar-refractivity contribution < 1.29 is 9.53 Å². The lowest BCUT2D eigenvalue weighted by atomic mass is 10.1. The molecule has 0 N–H and O–H groups in total. The number of ether oxygens (including phenoxy) is 1. The Hall–Kier alpha value is -2.18. The van der Waals surface area contributed by atoms with Gasteiger partial charge in [-0.2, -0.15) is 5.10 Å². The maximum atomic E-state index is 13.2. The van der Waals surface area contributed by atoms with Gasteiger partial charge in [-0.05, 0) is 32.3 Å². The van der Waals surface area contributed by atoms with E-state index in [4.69, 9.17) is 4.74 Å². The number of benzene rings is 1. The van der Waals surface area contributed by atoms with Crippen molar-refractivity contribution in [2.24, 2.45) is 0 Å². The summed E-state index contributed by atoms with van der Waals surface area (Å²) in [5.74, 6) is 0.117. The summed E-state index contributed by atoms with van der Waals surface area (Å²) in [7, 11) is 0. The van der Waals surface area contributed by atoms with Gasteiger partial charge in [0, 0.05) is 45.0 Å². The van der Waals surface area contributed by atoms with E-state index in [0.29, 0.717) is 12.6 Å². The van der Waals surface area contributed by atoms with Gasteiger partial charge >= 0.3 is 0 Å². The second kappa shape index (κ2) is 8.45. The summed E-state index contributed by atoms with van der Waals surface area (Å²) in [5.41, 5.74) is 3.73. The molecule has 0 bridgehead atoms. The van der Waals surface area contributed by atoms with Gasteiger partial charge in [-0.15, -0.1) is 0 Å². The first-order chi connectivity index (χ1) is 13.6. The molecule has 2 aliphatic heterocycles. The van der Waals surface area contributed by atoms with Crippen LogP contribution in [-0.2, 0) is 11.3 Å². The highest BCUT2D eigenvalue weighted by Crippen LogP contribution is 2.19. The van der Waals surface area contributed by atoms with Crippen LogP contribution in [0, 0.1) is 13.8 Å². The zero-order chi connectivity index (χ0) is 19.5. The summed E-state index contributed by atoms with van der Waals surface area (Å²) < 4.78 is 7.70. The van der Waals surface area contributed by atoms with E-state index in [0.717, 1.165) is 62.7 Å². The average molecular weight is 383 g/mol. The minimum atomic E-state index is 0.117. The molecule has 28 heavy (non-hydrogen) atoms. The Bertz CT molecular complexity index is 803. The molecule has 4 rings (SSSR count). The van der Waals surface area contributed by atoms with E-state index in [1.165, 1.54) is 12.0 Å². The first-order valence-corrected chi connectivity index (χ1v) is 10.3. The lowest BCUT2D eigenvalue weighted by Gasteiger charge is -2.35. The van der Waals surface area contributed by atoms with Crippen LogP contribution in [-0.4, -0.2) is 70.9 Å². The molecule has 1 unspecified atom stereocenters. The highest BCUT2D eigenvalue weighted by Gasteiger charge is 2.28. The van der Waals surface area contributed by atoms with E-state index in [9.17, 15) is 4.79 Å². The number of hydrogen-bond acceptors (Lipinski definition) is 4. The Kier molecular flexibility index (Phi) is 5.78. The quantitative estimate of drug-likeness (QED) is 0.797. The summed E-state index contributed by atoms with van der Waals surface area (Å²) in [6.45, 7) is 9.91. The maximum absolute atomic E-state index is 13.2. The van der Waals surface area contributed by atoms with E-state index < -0.39 is 0 Å². The van der Waals surface area contributed by atoms with Crippen LogP contribution in [0.2, 0.25) is 0 Å². The normalized spacial score (nSPS) is 20.6. The van der Waals surface area contributed by atoms with Crippen LogP contribution < -0.4 is 0 Å². The molecule has 2 saturated heterocycles. The van der Waals surface area contributed by atoms with Gasteiger partial charge in [0.15, 0.2) is 0 Å². The van der Waals surface area contributed by atoms with Crippen molar-refractivity contribution >= 4 is 5.91 Å². The molecule has 0 radical (unpaired) electrons. The summed E-state index contributed by atoms with van der Waals surface area (Å²) in [6, 6.07) is 10.3. The van der Waals surface area contributed by atoms with Crippen LogP contribution >= 0.6 is 0 Å². The fraction of sp³-hybridized carbons (Fsp3) is 0.545. The topological polar surface area (TPSA) is 50.6 Å². The van der Waals surface area contributed by atoms with Crippen molar-refractivity contribution in [1.82, 2.24) is 19.6 Å². The lowest BCUT2D eigenvalue weighted by molar-refractivity contribution is 0.0432. The van der Waals surface area contributed by atoms with Crippen molar-refractivity contribution in [2.75, 3.05) is 39.3 Å². The third-order valence-electron chi connectivity index (χ3n) is 5.92. The fourth-order valence-corrected chi connectivity index (χ4v) is 4.28. The smallest absolute Gasteiger partial charge is 0.257 e. The van der Waals surface area contributed by atoms with Crippen molar-refractivity contribution in [3.8, 4) is 0 Å². The summed E-state index contributed by atoms with van der Waals surface area (Å²) in [4.78, 5) is 17.6. The molecule has 2 aromatic rings. The van der Waals surface area contributed by atoms with Crippen LogP contribution in [0.4, 0.5) is 0 Å². The SMILES string of the molecule is Cc1nn(Cc2ccccc2)c(C)c1C(=O)N1CCN(CC2CCCO2)CC1. The minimum Gasteiger partial charge on any atom is -0.377 e. The number of carbonyl (C=O) groups is 1. The van der Waals surface area contributed by atoms with Crippen LogP contribution in [0.3, 0.4) is 0 Å². The number of amides is 1. The van der Waals surface area contributed by atoms with Crippen molar-refractivity contribution in [2.45, 2.75) is 39.3 Å². The molecule has 2 fully saturated rings. The zero-order valence-corrected chi connectivity index (χ0v) is 16.9. The van der Waals surface area contributed by atoms with Crippen molar-refractivity contribution in [3.05, 3.63) is 52.8 Å².